The third kappa shape index (κ3) is 5.24. The number of benzene rings is 7. The van der Waals surface area contributed by atoms with Crippen molar-refractivity contribution in [2.24, 2.45) is 0 Å². The van der Waals surface area contributed by atoms with E-state index in [1.54, 1.807) is 0 Å². The van der Waals surface area contributed by atoms with Crippen molar-refractivity contribution in [3.05, 3.63) is 175 Å². The summed E-state index contributed by atoms with van der Waals surface area (Å²) in [6.07, 6.45) is 6.20. The largest absolute Gasteiger partial charge is 0.456 e. The minimum Gasteiger partial charge on any atom is -0.456 e. The summed E-state index contributed by atoms with van der Waals surface area (Å²) < 4.78 is 8.73. The van der Waals surface area contributed by atoms with Crippen LogP contribution in [0.25, 0.3) is 97.9 Å². The molecule has 0 spiro atoms. The summed E-state index contributed by atoms with van der Waals surface area (Å²) in [7, 11) is 0. The van der Waals surface area contributed by atoms with Crippen molar-refractivity contribution in [1.82, 2.24) is 15.0 Å². The molecule has 0 amide bonds. The minimum absolute atomic E-state index is 0.667. The molecule has 0 atom stereocenters. The molecule has 3 aromatic heterocycles. The number of furan rings is 1. The van der Waals surface area contributed by atoms with E-state index in [9.17, 15) is 0 Å². The number of hydrogen-bond acceptors (Lipinski definition) is 5. The molecular formula is C49H31N3OS. The number of allylic oxidation sites excluding steroid dienone is 4. The van der Waals surface area contributed by atoms with Gasteiger partial charge in [0.25, 0.3) is 0 Å². The Labute approximate surface area is 315 Å². The van der Waals surface area contributed by atoms with E-state index in [1.807, 2.05) is 29.5 Å². The lowest BCUT2D eigenvalue weighted by Gasteiger charge is -2.16. The summed E-state index contributed by atoms with van der Waals surface area (Å²) in [5, 5.41) is 7.08. The van der Waals surface area contributed by atoms with Gasteiger partial charge in [0.05, 0.1) is 0 Å². The summed E-state index contributed by atoms with van der Waals surface area (Å²) in [5.74, 6) is 2.07. The summed E-state index contributed by atoms with van der Waals surface area (Å²) >= 11 is 1.81. The first kappa shape index (κ1) is 30.9. The molecule has 254 valence electrons. The Bertz CT molecular complexity index is 3170. The molecule has 1 aliphatic carbocycles. The normalized spacial score (nSPS) is 13.3. The van der Waals surface area contributed by atoms with Crippen LogP contribution >= 0.6 is 11.3 Å². The van der Waals surface area contributed by atoms with E-state index in [4.69, 9.17) is 19.4 Å². The van der Waals surface area contributed by atoms with Crippen LogP contribution in [0.1, 0.15) is 24.2 Å². The van der Waals surface area contributed by atoms with Crippen LogP contribution in [0.4, 0.5) is 0 Å². The molecule has 5 heteroatoms. The Hall–Kier alpha value is -6.69. The fourth-order valence-corrected chi connectivity index (χ4v) is 9.07. The molecule has 7 aromatic carbocycles. The molecule has 0 saturated heterocycles. The third-order valence-corrected chi connectivity index (χ3v) is 11.8. The maximum atomic E-state index is 6.23. The molecule has 0 bridgehead atoms. The zero-order valence-electron chi connectivity index (χ0n) is 29.2. The number of aromatic nitrogens is 3. The first-order chi connectivity index (χ1) is 26.7. The lowest BCUT2D eigenvalue weighted by molar-refractivity contribution is 0.669. The average molecular weight is 710 g/mol. The zero-order chi connectivity index (χ0) is 35.6. The van der Waals surface area contributed by atoms with Crippen molar-refractivity contribution < 1.29 is 4.42 Å². The van der Waals surface area contributed by atoms with Gasteiger partial charge in [-0.3, -0.25) is 0 Å². The summed E-state index contributed by atoms with van der Waals surface area (Å²) in [4.78, 5) is 15.5. The van der Waals surface area contributed by atoms with Crippen LogP contribution in [0.3, 0.4) is 0 Å². The SMILES string of the molecule is C1=C(c2ccccc2)CCC(c2nc(-c3ccc4ccc(-c5cccc6oc7ccccc7c56)cc4c3)nc(-c3ccc4c(c3)sc3ccccc34)n2)=C1. The summed E-state index contributed by atoms with van der Waals surface area (Å²) in [5.41, 5.74) is 9.72. The van der Waals surface area contributed by atoms with Crippen molar-refractivity contribution >= 4 is 75.4 Å². The lowest BCUT2D eigenvalue weighted by Crippen LogP contribution is -2.04. The highest BCUT2D eigenvalue weighted by atomic mass is 32.1. The molecule has 4 nitrogen and oxygen atoms in total. The predicted molar refractivity (Wildman–Crippen MR) is 225 cm³/mol. The maximum absolute atomic E-state index is 6.23. The third-order valence-electron chi connectivity index (χ3n) is 10.7. The van der Waals surface area contributed by atoms with Gasteiger partial charge >= 0.3 is 0 Å². The highest BCUT2D eigenvalue weighted by molar-refractivity contribution is 7.25. The number of hydrogen-bond donors (Lipinski definition) is 0. The van der Waals surface area contributed by atoms with E-state index in [0.717, 1.165) is 79.2 Å². The van der Waals surface area contributed by atoms with Gasteiger partial charge in [0.2, 0.25) is 0 Å². The first-order valence-electron chi connectivity index (χ1n) is 18.3. The highest BCUT2D eigenvalue weighted by Gasteiger charge is 2.18. The molecular weight excluding hydrogens is 679 g/mol. The van der Waals surface area contributed by atoms with E-state index in [-0.39, 0.29) is 0 Å². The van der Waals surface area contributed by atoms with Crippen LogP contribution in [-0.4, -0.2) is 15.0 Å². The Morgan fingerprint density at radius 2 is 1.07 bits per heavy atom. The van der Waals surface area contributed by atoms with Gasteiger partial charge in [-0.05, 0) is 87.8 Å². The molecule has 3 heterocycles. The van der Waals surface area contributed by atoms with E-state index < -0.39 is 0 Å². The van der Waals surface area contributed by atoms with Crippen LogP contribution in [-0.2, 0) is 0 Å². The fraction of sp³-hybridized carbons (Fsp3) is 0.0408. The van der Waals surface area contributed by atoms with Crippen LogP contribution in [0.5, 0.6) is 0 Å². The lowest BCUT2D eigenvalue weighted by atomic mass is 9.93. The average Bonchev–Trinajstić information content (AvgIpc) is 3.82. The molecule has 0 fully saturated rings. The van der Waals surface area contributed by atoms with Crippen molar-refractivity contribution in [3.63, 3.8) is 0 Å². The molecule has 0 aliphatic heterocycles. The standard InChI is InChI=1S/C49H31N3OS/c1-2-9-30(10-3-1)31-17-21-33(22-18-31)47-50-48(52-49(51-47)36-25-26-40-39-11-5-7-16-44(39)54-45(40)29-36)35-24-20-32-19-23-34(27-37(32)28-35)38-13-8-15-43-46(38)41-12-4-6-14-42(41)53-43/h1-17,19-21,23-29H,18,22H2. The van der Waals surface area contributed by atoms with Gasteiger partial charge in [-0.25, -0.2) is 15.0 Å². The van der Waals surface area contributed by atoms with Crippen molar-refractivity contribution in [2.75, 3.05) is 0 Å². The molecule has 0 saturated carbocycles. The monoisotopic (exact) mass is 709 g/mol. The van der Waals surface area contributed by atoms with Gasteiger partial charge in [-0.2, -0.15) is 0 Å². The van der Waals surface area contributed by atoms with Gasteiger partial charge in [-0.1, -0.05) is 127 Å². The van der Waals surface area contributed by atoms with E-state index >= 15 is 0 Å². The summed E-state index contributed by atoms with van der Waals surface area (Å²) in [6, 6.07) is 53.6. The minimum atomic E-state index is 0.667. The van der Waals surface area contributed by atoms with Crippen molar-refractivity contribution in [2.45, 2.75) is 12.8 Å². The smallest absolute Gasteiger partial charge is 0.164 e. The van der Waals surface area contributed by atoms with Crippen LogP contribution in [0.15, 0.2) is 168 Å². The predicted octanol–water partition coefficient (Wildman–Crippen LogP) is 13.6. The number of para-hydroxylation sites is 1. The van der Waals surface area contributed by atoms with Gasteiger partial charge in [0.1, 0.15) is 11.2 Å². The van der Waals surface area contributed by atoms with E-state index in [2.05, 4.69) is 146 Å². The van der Waals surface area contributed by atoms with Gasteiger partial charge < -0.3 is 4.42 Å². The first-order valence-corrected chi connectivity index (χ1v) is 19.1. The second-order valence-electron chi connectivity index (χ2n) is 13.9. The van der Waals surface area contributed by atoms with Gasteiger partial charge in [0.15, 0.2) is 17.5 Å². The Kier molecular flexibility index (Phi) is 7.13. The number of rotatable bonds is 5. The van der Waals surface area contributed by atoms with Crippen LogP contribution < -0.4 is 0 Å². The number of thiophene rings is 1. The molecule has 1 aliphatic rings. The highest BCUT2D eigenvalue weighted by Crippen LogP contribution is 2.39. The van der Waals surface area contributed by atoms with Crippen LogP contribution in [0.2, 0.25) is 0 Å². The molecule has 0 N–H and O–H groups in total. The molecule has 54 heavy (non-hydrogen) atoms. The maximum Gasteiger partial charge on any atom is 0.164 e. The number of nitrogens with zero attached hydrogens (tertiary/aromatic N) is 3. The summed E-state index contributed by atoms with van der Waals surface area (Å²) in [6.45, 7) is 0. The molecule has 11 rings (SSSR count). The van der Waals surface area contributed by atoms with Crippen LogP contribution in [0, 0.1) is 0 Å². The van der Waals surface area contributed by atoms with Crippen molar-refractivity contribution in [3.8, 4) is 33.9 Å². The topological polar surface area (TPSA) is 51.8 Å². The second kappa shape index (κ2) is 12.5. The molecule has 10 aromatic rings. The second-order valence-corrected chi connectivity index (χ2v) is 15.0. The van der Waals surface area contributed by atoms with Gasteiger partial charge in [-0.15, -0.1) is 11.3 Å². The molecule has 0 unspecified atom stereocenters. The molecule has 0 radical (unpaired) electrons. The number of fused-ring (bicyclic) bond motifs is 7. The van der Waals surface area contributed by atoms with Gasteiger partial charge in [0, 0.05) is 42.1 Å². The van der Waals surface area contributed by atoms with Crippen molar-refractivity contribution in [1.29, 1.82) is 0 Å². The fourth-order valence-electron chi connectivity index (χ4n) is 7.93. The van der Waals surface area contributed by atoms with E-state index in [0.29, 0.717) is 11.6 Å². The Morgan fingerprint density at radius 1 is 0.426 bits per heavy atom. The zero-order valence-corrected chi connectivity index (χ0v) is 30.0. The quantitative estimate of drug-likeness (QED) is 0.178. The Balaban J connectivity index is 1.05. The Morgan fingerprint density at radius 3 is 1.93 bits per heavy atom. The van der Waals surface area contributed by atoms with E-state index in [1.165, 1.54) is 31.3 Å².